The summed E-state index contributed by atoms with van der Waals surface area (Å²) < 4.78 is 0. The van der Waals surface area contributed by atoms with Crippen LogP contribution in [0.4, 0.5) is 0 Å². The second-order valence-corrected chi connectivity index (χ2v) is 6.19. The first-order valence-electron chi connectivity index (χ1n) is 7.54. The van der Waals surface area contributed by atoms with E-state index in [9.17, 15) is 9.90 Å². The lowest BCUT2D eigenvalue weighted by Crippen LogP contribution is -2.31. The van der Waals surface area contributed by atoms with Crippen LogP contribution in [-0.2, 0) is 0 Å². The number of hydrogen-bond donors (Lipinski definition) is 1. The quantitative estimate of drug-likeness (QED) is 0.871. The molecule has 0 radical (unpaired) electrons. The maximum Gasteiger partial charge on any atom is 0.253 e. The number of benzene rings is 1. The number of nitrogens with zero attached hydrogens (tertiary/aromatic N) is 2. The summed E-state index contributed by atoms with van der Waals surface area (Å²) in [6, 6.07) is 9.51. The molecule has 1 aromatic carbocycles. The molecular formula is C17H18N2O2. The summed E-state index contributed by atoms with van der Waals surface area (Å²) in [5.41, 5.74) is 1.62. The van der Waals surface area contributed by atoms with E-state index in [1.807, 2.05) is 35.2 Å². The second kappa shape index (κ2) is 4.81. The van der Waals surface area contributed by atoms with Crippen molar-refractivity contribution in [1.29, 1.82) is 0 Å². The molecule has 2 aliphatic rings. The minimum Gasteiger partial charge on any atom is -0.393 e. The molecule has 1 saturated carbocycles. The van der Waals surface area contributed by atoms with Gasteiger partial charge in [-0.15, -0.1) is 0 Å². The van der Waals surface area contributed by atoms with Crippen molar-refractivity contribution in [3.63, 3.8) is 0 Å². The maximum atomic E-state index is 12.7. The minimum atomic E-state index is -0.228. The fourth-order valence-corrected chi connectivity index (χ4v) is 3.79. The predicted molar refractivity (Wildman–Crippen MR) is 79.9 cm³/mol. The average Bonchev–Trinajstić information content (AvgIpc) is 3.08. The zero-order valence-electron chi connectivity index (χ0n) is 11.8. The molecule has 1 aliphatic heterocycles. The third-order valence-electron chi connectivity index (χ3n) is 4.96. The summed E-state index contributed by atoms with van der Waals surface area (Å²) in [6.45, 7) is 1.47. The first-order chi connectivity index (χ1) is 10.2. The van der Waals surface area contributed by atoms with E-state index < -0.39 is 0 Å². The Morgan fingerprint density at radius 3 is 3.00 bits per heavy atom. The van der Waals surface area contributed by atoms with Crippen LogP contribution in [0.25, 0.3) is 10.9 Å². The van der Waals surface area contributed by atoms with E-state index >= 15 is 0 Å². The Labute approximate surface area is 123 Å². The molecule has 2 aromatic rings. The van der Waals surface area contributed by atoms with Gasteiger partial charge >= 0.3 is 0 Å². The van der Waals surface area contributed by atoms with Gasteiger partial charge in [0.2, 0.25) is 0 Å². The highest BCUT2D eigenvalue weighted by atomic mass is 16.3. The third kappa shape index (κ3) is 2.10. The number of pyridine rings is 1. The van der Waals surface area contributed by atoms with E-state index in [0.717, 1.165) is 30.3 Å². The Kier molecular flexibility index (Phi) is 2.93. The number of carbonyl (C=O) groups excluding carboxylic acids is 1. The second-order valence-electron chi connectivity index (χ2n) is 6.19. The molecule has 4 heteroatoms. The Morgan fingerprint density at radius 1 is 1.24 bits per heavy atom. The molecule has 1 saturated heterocycles. The number of fused-ring (bicyclic) bond motifs is 2. The Balaban J connectivity index is 1.59. The van der Waals surface area contributed by atoms with Gasteiger partial charge in [0.15, 0.2) is 0 Å². The molecular weight excluding hydrogens is 264 g/mol. The van der Waals surface area contributed by atoms with Crippen molar-refractivity contribution in [1.82, 2.24) is 9.88 Å². The molecule has 3 unspecified atom stereocenters. The van der Waals surface area contributed by atoms with Crippen LogP contribution < -0.4 is 0 Å². The summed E-state index contributed by atoms with van der Waals surface area (Å²) in [5, 5.41) is 11.0. The van der Waals surface area contributed by atoms with Crippen molar-refractivity contribution < 1.29 is 9.90 Å². The summed E-state index contributed by atoms with van der Waals surface area (Å²) in [5.74, 6) is 0.824. The molecule has 4 nitrogen and oxygen atoms in total. The SMILES string of the molecule is O=C(c1ccc2ncccc2c1)N1CC2CCC(O)C2C1. The van der Waals surface area contributed by atoms with Gasteiger partial charge in [-0.05, 0) is 43.0 Å². The predicted octanol–water partition coefficient (Wildman–Crippen LogP) is 2.08. The molecule has 1 aliphatic carbocycles. The molecule has 4 rings (SSSR count). The standard InChI is InChI=1S/C17H18N2O2/c20-16-6-4-13-9-19(10-14(13)16)17(21)12-3-5-15-11(8-12)2-1-7-18-15/h1-3,5,7-8,13-14,16,20H,4,6,9-10H2. The van der Waals surface area contributed by atoms with Crippen molar-refractivity contribution in [2.24, 2.45) is 11.8 Å². The average molecular weight is 282 g/mol. The van der Waals surface area contributed by atoms with Gasteiger partial charge in [0.25, 0.3) is 5.91 Å². The summed E-state index contributed by atoms with van der Waals surface area (Å²) in [6.07, 6.45) is 3.46. The summed E-state index contributed by atoms with van der Waals surface area (Å²) >= 11 is 0. The Morgan fingerprint density at radius 2 is 2.14 bits per heavy atom. The highest BCUT2D eigenvalue weighted by Gasteiger charge is 2.43. The molecule has 108 valence electrons. The van der Waals surface area contributed by atoms with E-state index in [-0.39, 0.29) is 17.9 Å². The maximum absolute atomic E-state index is 12.7. The number of likely N-dealkylation sites (tertiary alicyclic amines) is 1. The number of rotatable bonds is 1. The van der Waals surface area contributed by atoms with Crippen LogP contribution in [0.2, 0.25) is 0 Å². The summed E-state index contributed by atoms with van der Waals surface area (Å²) in [4.78, 5) is 18.8. The number of aliphatic hydroxyl groups excluding tert-OH is 1. The van der Waals surface area contributed by atoms with Crippen LogP contribution in [0.5, 0.6) is 0 Å². The minimum absolute atomic E-state index is 0.0716. The van der Waals surface area contributed by atoms with Gasteiger partial charge < -0.3 is 10.0 Å². The third-order valence-corrected chi connectivity index (χ3v) is 4.96. The molecule has 2 fully saturated rings. The van der Waals surface area contributed by atoms with Gasteiger partial charge in [0.1, 0.15) is 0 Å². The molecule has 1 amide bonds. The number of amides is 1. The van der Waals surface area contributed by atoms with Gasteiger partial charge in [-0.2, -0.15) is 0 Å². The highest BCUT2D eigenvalue weighted by molar-refractivity contribution is 5.98. The first kappa shape index (κ1) is 12.8. The fraction of sp³-hybridized carbons (Fsp3) is 0.412. The van der Waals surface area contributed by atoms with Crippen molar-refractivity contribution >= 4 is 16.8 Å². The van der Waals surface area contributed by atoms with Gasteiger partial charge in [-0.3, -0.25) is 9.78 Å². The van der Waals surface area contributed by atoms with E-state index in [4.69, 9.17) is 0 Å². The normalized spacial score (nSPS) is 28.0. The fourth-order valence-electron chi connectivity index (χ4n) is 3.79. The summed E-state index contributed by atoms with van der Waals surface area (Å²) in [7, 11) is 0. The van der Waals surface area contributed by atoms with Crippen LogP contribution in [0.15, 0.2) is 36.5 Å². The largest absolute Gasteiger partial charge is 0.393 e. The van der Waals surface area contributed by atoms with Crippen LogP contribution in [-0.4, -0.2) is 40.1 Å². The van der Waals surface area contributed by atoms with Crippen molar-refractivity contribution in [2.75, 3.05) is 13.1 Å². The van der Waals surface area contributed by atoms with Crippen LogP contribution in [0, 0.1) is 11.8 Å². The van der Waals surface area contributed by atoms with Gasteiger partial charge in [-0.25, -0.2) is 0 Å². The van der Waals surface area contributed by atoms with E-state index in [0.29, 0.717) is 18.0 Å². The van der Waals surface area contributed by atoms with Crippen LogP contribution in [0.3, 0.4) is 0 Å². The number of hydrogen-bond acceptors (Lipinski definition) is 3. The number of aliphatic hydroxyl groups is 1. The number of aromatic nitrogens is 1. The van der Waals surface area contributed by atoms with E-state index in [2.05, 4.69) is 4.98 Å². The Hall–Kier alpha value is -1.94. The first-order valence-corrected chi connectivity index (χ1v) is 7.54. The van der Waals surface area contributed by atoms with Crippen LogP contribution in [0.1, 0.15) is 23.2 Å². The van der Waals surface area contributed by atoms with Crippen LogP contribution >= 0.6 is 0 Å². The smallest absolute Gasteiger partial charge is 0.253 e. The Bertz CT molecular complexity index is 700. The van der Waals surface area contributed by atoms with E-state index in [1.165, 1.54) is 0 Å². The molecule has 1 aromatic heterocycles. The van der Waals surface area contributed by atoms with Crippen molar-refractivity contribution in [3.05, 3.63) is 42.1 Å². The molecule has 2 heterocycles. The van der Waals surface area contributed by atoms with Gasteiger partial charge in [0.05, 0.1) is 11.6 Å². The van der Waals surface area contributed by atoms with Gasteiger partial charge in [0, 0.05) is 36.2 Å². The lowest BCUT2D eigenvalue weighted by Gasteiger charge is -2.18. The highest BCUT2D eigenvalue weighted by Crippen LogP contribution is 2.38. The molecule has 0 spiro atoms. The lowest BCUT2D eigenvalue weighted by molar-refractivity contribution is 0.0752. The molecule has 0 bridgehead atoms. The zero-order valence-corrected chi connectivity index (χ0v) is 11.8. The van der Waals surface area contributed by atoms with Gasteiger partial charge in [-0.1, -0.05) is 6.07 Å². The topological polar surface area (TPSA) is 53.4 Å². The zero-order chi connectivity index (χ0) is 14.4. The molecule has 21 heavy (non-hydrogen) atoms. The molecule has 1 N–H and O–H groups in total. The van der Waals surface area contributed by atoms with E-state index in [1.54, 1.807) is 6.20 Å². The lowest BCUT2D eigenvalue weighted by atomic mass is 10.00. The number of carbonyl (C=O) groups is 1. The monoisotopic (exact) mass is 282 g/mol. The molecule has 3 atom stereocenters. The van der Waals surface area contributed by atoms with Crippen molar-refractivity contribution in [3.8, 4) is 0 Å². The van der Waals surface area contributed by atoms with Crippen molar-refractivity contribution in [2.45, 2.75) is 18.9 Å².